The van der Waals surface area contributed by atoms with E-state index in [4.69, 9.17) is 0 Å². The van der Waals surface area contributed by atoms with Crippen LogP contribution >= 0.6 is 0 Å². The largest absolute Gasteiger partial charge is 0.326 e. The minimum Gasteiger partial charge on any atom is -0.326 e. The van der Waals surface area contributed by atoms with E-state index >= 15 is 0 Å². The lowest BCUT2D eigenvalue weighted by molar-refractivity contribution is -0.120. The fourth-order valence-electron chi connectivity index (χ4n) is 2.86. The zero-order chi connectivity index (χ0) is 18.0. The predicted molar refractivity (Wildman–Crippen MR) is 95.2 cm³/mol. The van der Waals surface area contributed by atoms with Crippen molar-refractivity contribution in [2.75, 3.05) is 10.6 Å². The third kappa shape index (κ3) is 3.52. The summed E-state index contributed by atoms with van der Waals surface area (Å²) in [5.41, 5.74) is 2.74. The topological polar surface area (TPSA) is 78.5 Å². The summed E-state index contributed by atoms with van der Waals surface area (Å²) in [4.78, 5) is 37.7. The van der Waals surface area contributed by atoms with Gasteiger partial charge in [0.15, 0.2) is 0 Å². The van der Waals surface area contributed by atoms with Gasteiger partial charge in [-0.1, -0.05) is 24.3 Å². The first-order valence-electron chi connectivity index (χ1n) is 8.03. The fourth-order valence-corrected chi connectivity index (χ4v) is 2.86. The zero-order valence-corrected chi connectivity index (χ0v) is 14.1. The highest BCUT2D eigenvalue weighted by Crippen LogP contribution is 2.25. The first-order chi connectivity index (χ1) is 12.0. The summed E-state index contributed by atoms with van der Waals surface area (Å²) >= 11 is 0. The summed E-state index contributed by atoms with van der Waals surface area (Å²) in [5, 5.41) is 5.46. The smallest absolute Gasteiger partial charge is 0.255 e. The summed E-state index contributed by atoms with van der Waals surface area (Å²) in [6.45, 7) is 3.55. The molecule has 3 amide bonds. The minimum absolute atomic E-state index is 0.134. The van der Waals surface area contributed by atoms with Crippen molar-refractivity contribution in [2.45, 2.75) is 26.4 Å². The van der Waals surface area contributed by atoms with E-state index in [1.807, 2.05) is 18.2 Å². The molecule has 25 heavy (non-hydrogen) atoms. The molecule has 6 heteroatoms. The fraction of sp³-hybridized carbons (Fsp3) is 0.211. The van der Waals surface area contributed by atoms with Crippen LogP contribution in [0.4, 0.5) is 11.4 Å². The number of nitrogens with one attached hydrogen (secondary N) is 2. The number of rotatable bonds is 4. The van der Waals surface area contributed by atoms with Gasteiger partial charge < -0.3 is 15.5 Å². The van der Waals surface area contributed by atoms with Crippen molar-refractivity contribution in [1.29, 1.82) is 0 Å². The molecule has 2 aromatic rings. The van der Waals surface area contributed by atoms with Crippen molar-refractivity contribution in [2.24, 2.45) is 0 Å². The van der Waals surface area contributed by atoms with Crippen molar-refractivity contribution in [1.82, 2.24) is 4.90 Å². The van der Waals surface area contributed by atoms with E-state index in [2.05, 4.69) is 10.6 Å². The van der Waals surface area contributed by atoms with Crippen LogP contribution in [0.5, 0.6) is 0 Å². The molecule has 128 valence electrons. The van der Waals surface area contributed by atoms with E-state index in [1.54, 1.807) is 42.2 Å². The number of carbonyl (C=O) groups excluding carboxylic acids is 3. The van der Waals surface area contributed by atoms with Crippen molar-refractivity contribution in [3.63, 3.8) is 0 Å². The molecule has 1 aliphatic heterocycles. The summed E-state index contributed by atoms with van der Waals surface area (Å²) in [6.07, 6.45) is 0. The van der Waals surface area contributed by atoms with Gasteiger partial charge in [-0.05, 0) is 36.8 Å². The summed E-state index contributed by atoms with van der Waals surface area (Å²) in [7, 11) is 0. The molecule has 0 aromatic heterocycles. The summed E-state index contributed by atoms with van der Waals surface area (Å²) in [6, 6.07) is 13.6. The molecule has 0 aliphatic carbocycles. The highest BCUT2D eigenvalue weighted by atomic mass is 16.2. The Balaban J connectivity index is 1.70. The Hall–Kier alpha value is -3.15. The van der Waals surface area contributed by atoms with Gasteiger partial charge in [0.1, 0.15) is 6.04 Å². The Kier molecular flexibility index (Phi) is 4.52. The van der Waals surface area contributed by atoms with Crippen molar-refractivity contribution in [3.8, 4) is 0 Å². The number of anilines is 2. The van der Waals surface area contributed by atoms with Gasteiger partial charge in [0.25, 0.3) is 5.91 Å². The van der Waals surface area contributed by atoms with Crippen molar-refractivity contribution in [3.05, 3.63) is 59.7 Å². The van der Waals surface area contributed by atoms with Crippen LogP contribution < -0.4 is 10.6 Å². The number of hydrogen-bond acceptors (Lipinski definition) is 3. The molecule has 0 saturated carbocycles. The lowest BCUT2D eigenvalue weighted by Gasteiger charge is -2.23. The monoisotopic (exact) mass is 337 g/mol. The van der Waals surface area contributed by atoms with E-state index < -0.39 is 6.04 Å². The zero-order valence-electron chi connectivity index (χ0n) is 14.1. The molecule has 2 aromatic carbocycles. The highest BCUT2D eigenvalue weighted by Gasteiger charge is 2.33. The second kappa shape index (κ2) is 6.76. The first kappa shape index (κ1) is 16.7. The second-order valence-corrected chi connectivity index (χ2v) is 6.02. The van der Waals surface area contributed by atoms with E-state index in [0.717, 1.165) is 5.56 Å². The third-order valence-corrected chi connectivity index (χ3v) is 4.15. The number of carbonyl (C=O) groups is 3. The van der Waals surface area contributed by atoms with Crippen LogP contribution in [-0.2, 0) is 16.1 Å². The summed E-state index contributed by atoms with van der Waals surface area (Å²) < 4.78 is 0. The average Bonchev–Trinajstić information content (AvgIpc) is 2.91. The van der Waals surface area contributed by atoms with Crippen LogP contribution in [0.15, 0.2) is 48.5 Å². The van der Waals surface area contributed by atoms with Crippen molar-refractivity contribution < 1.29 is 14.4 Å². The van der Waals surface area contributed by atoms with Gasteiger partial charge in [-0.3, -0.25) is 14.4 Å². The number of nitrogens with zero attached hydrogens (tertiary/aromatic N) is 1. The van der Waals surface area contributed by atoms with E-state index in [1.165, 1.54) is 6.92 Å². The normalized spacial score (nSPS) is 14.0. The molecule has 0 radical (unpaired) electrons. The second-order valence-electron chi connectivity index (χ2n) is 6.02. The standard InChI is InChI=1S/C19H19N3O3/c1-12(22-11-14-6-3-4-9-17(14)19(22)25)18(24)21-16-8-5-7-15(10-16)20-13(2)23/h3-10,12H,11H2,1-2H3,(H,20,23)(H,21,24)/t12-/m1/s1. The van der Waals surface area contributed by atoms with Crippen molar-refractivity contribution >= 4 is 29.1 Å². The molecule has 1 heterocycles. The molecule has 3 rings (SSSR count). The maximum absolute atomic E-state index is 12.5. The van der Waals surface area contributed by atoms with E-state index in [-0.39, 0.29) is 17.7 Å². The van der Waals surface area contributed by atoms with Gasteiger partial charge >= 0.3 is 0 Å². The first-order valence-corrected chi connectivity index (χ1v) is 8.03. The van der Waals surface area contributed by atoms with Crippen LogP contribution in [0.1, 0.15) is 29.8 Å². The Bertz CT molecular complexity index is 847. The maximum Gasteiger partial charge on any atom is 0.255 e. The Morgan fingerprint density at radius 3 is 2.40 bits per heavy atom. The van der Waals surface area contributed by atoms with Crippen LogP contribution in [-0.4, -0.2) is 28.7 Å². The van der Waals surface area contributed by atoms with Gasteiger partial charge in [-0.15, -0.1) is 0 Å². The van der Waals surface area contributed by atoms with E-state index in [9.17, 15) is 14.4 Å². The lowest BCUT2D eigenvalue weighted by atomic mass is 10.1. The minimum atomic E-state index is -0.607. The molecular weight excluding hydrogens is 318 g/mol. The third-order valence-electron chi connectivity index (χ3n) is 4.15. The Morgan fingerprint density at radius 2 is 1.72 bits per heavy atom. The highest BCUT2D eigenvalue weighted by molar-refractivity contribution is 6.03. The number of benzene rings is 2. The van der Waals surface area contributed by atoms with Gasteiger partial charge in [0.05, 0.1) is 0 Å². The molecule has 0 unspecified atom stereocenters. The average molecular weight is 337 g/mol. The molecule has 6 nitrogen and oxygen atoms in total. The Morgan fingerprint density at radius 1 is 1.04 bits per heavy atom. The van der Waals surface area contributed by atoms with Crippen LogP contribution in [0.3, 0.4) is 0 Å². The predicted octanol–water partition coefficient (Wildman–Crippen LogP) is 2.63. The molecule has 2 N–H and O–H groups in total. The molecule has 0 spiro atoms. The number of hydrogen-bond donors (Lipinski definition) is 2. The quantitative estimate of drug-likeness (QED) is 0.900. The number of amides is 3. The molecular formula is C19H19N3O3. The van der Waals surface area contributed by atoms with Crippen LogP contribution in [0, 0.1) is 0 Å². The Labute approximate surface area is 145 Å². The molecule has 0 bridgehead atoms. The summed E-state index contributed by atoms with van der Waals surface area (Å²) in [5.74, 6) is -0.594. The van der Waals surface area contributed by atoms with E-state index in [0.29, 0.717) is 23.5 Å². The SMILES string of the molecule is CC(=O)Nc1cccc(NC(=O)[C@@H](C)N2Cc3ccccc3C2=O)c1. The molecule has 1 aliphatic rings. The molecule has 0 fully saturated rings. The van der Waals surface area contributed by atoms with Gasteiger partial charge in [-0.25, -0.2) is 0 Å². The van der Waals surface area contributed by atoms with Crippen LogP contribution in [0.2, 0.25) is 0 Å². The maximum atomic E-state index is 12.5. The molecule has 0 saturated heterocycles. The molecule has 1 atom stereocenters. The van der Waals surface area contributed by atoms with Crippen LogP contribution in [0.25, 0.3) is 0 Å². The number of fused-ring (bicyclic) bond motifs is 1. The van der Waals surface area contributed by atoms with Gasteiger partial charge in [0, 0.05) is 30.4 Å². The van der Waals surface area contributed by atoms with Gasteiger partial charge in [-0.2, -0.15) is 0 Å². The van der Waals surface area contributed by atoms with Gasteiger partial charge in [0.2, 0.25) is 11.8 Å². The lowest BCUT2D eigenvalue weighted by Crippen LogP contribution is -2.42.